The second-order valence-electron chi connectivity index (χ2n) is 2.84. The molecule has 0 fully saturated rings. The molecule has 0 aliphatic rings. The summed E-state index contributed by atoms with van der Waals surface area (Å²) in [6.07, 6.45) is -0.819. The Bertz CT molecular complexity index is 344. The van der Waals surface area contributed by atoms with Crippen LogP contribution < -0.4 is 0 Å². The molecular formula is C9H6F6. The molecule has 1 aromatic rings. The molecule has 0 saturated carbocycles. The van der Waals surface area contributed by atoms with Crippen molar-refractivity contribution >= 4 is 0 Å². The largest absolute Gasteiger partial charge is 0.251 e. The summed E-state index contributed by atoms with van der Waals surface area (Å²) >= 11 is 0. The summed E-state index contributed by atoms with van der Waals surface area (Å²) in [7, 11) is 0. The highest BCUT2D eigenvalue weighted by molar-refractivity contribution is 5.24. The van der Waals surface area contributed by atoms with Crippen LogP contribution in [0.2, 0.25) is 0 Å². The fraction of sp³-hybridized carbons (Fsp3) is 0.333. The van der Waals surface area contributed by atoms with E-state index in [1.165, 1.54) is 0 Å². The summed E-state index contributed by atoms with van der Waals surface area (Å²) in [4.78, 5) is 0. The maximum atomic E-state index is 12.9. The molecule has 6 heteroatoms. The zero-order valence-corrected chi connectivity index (χ0v) is 7.39. The molecule has 0 aliphatic heterocycles. The van der Waals surface area contributed by atoms with Crippen molar-refractivity contribution in [1.82, 2.24) is 0 Å². The van der Waals surface area contributed by atoms with Gasteiger partial charge in [0.2, 0.25) is 5.82 Å². The third-order valence-electron chi connectivity index (χ3n) is 1.86. The SMILES string of the molecule is FCCCc1c(F)c(F)c(F)c(F)c1F. The van der Waals surface area contributed by atoms with E-state index in [2.05, 4.69) is 0 Å². The number of hydrogen-bond donors (Lipinski definition) is 0. The van der Waals surface area contributed by atoms with Gasteiger partial charge in [-0.15, -0.1) is 0 Å². The van der Waals surface area contributed by atoms with Gasteiger partial charge in [0.05, 0.1) is 6.67 Å². The highest BCUT2D eigenvalue weighted by atomic mass is 19.2. The lowest BCUT2D eigenvalue weighted by Gasteiger charge is -2.06. The van der Waals surface area contributed by atoms with Crippen molar-refractivity contribution in [1.29, 1.82) is 0 Å². The second-order valence-corrected chi connectivity index (χ2v) is 2.84. The van der Waals surface area contributed by atoms with Crippen LogP contribution in [0.1, 0.15) is 12.0 Å². The molecule has 0 radical (unpaired) electrons. The molecule has 0 nitrogen and oxygen atoms in total. The minimum absolute atomic E-state index is 0.293. The topological polar surface area (TPSA) is 0 Å². The molecular weight excluding hydrogens is 222 g/mol. The first kappa shape index (κ1) is 11.9. The summed E-state index contributed by atoms with van der Waals surface area (Å²) in [6, 6.07) is 0. The first-order valence-electron chi connectivity index (χ1n) is 4.07. The summed E-state index contributed by atoms with van der Waals surface area (Å²) < 4.78 is 75.1. The van der Waals surface area contributed by atoms with Gasteiger partial charge in [0.25, 0.3) is 0 Å². The van der Waals surface area contributed by atoms with Crippen LogP contribution in [0.5, 0.6) is 0 Å². The summed E-state index contributed by atoms with van der Waals surface area (Å²) in [5, 5.41) is 0. The Hall–Kier alpha value is -1.20. The molecule has 84 valence electrons. The van der Waals surface area contributed by atoms with Crippen LogP contribution in [0.3, 0.4) is 0 Å². The number of alkyl halides is 1. The molecule has 0 N–H and O–H groups in total. The normalized spacial score (nSPS) is 10.8. The van der Waals surface area contributed by atoms with Gasteiger partial charge in [-0.3, -0.25) is 4.39 Å². The van der Waals surface area contributed by atoms with Crippen LogP contribution in [0.4, 0.5) is 26.3 Å². The fourth-order valence-electron chi connectivity index (χ4n) is 1.11. The number of rotatable bonds is 3. The quantitative estimate of drug-likeness (QED) is 0.423. The first-order valence-corrected chi connectivity index (χ1v) is 4.07. The van der Waals surface area contributed by atoms with Crippen LogP contribution in [0, 0.1) is 29.1 Å². The van der Waals surface area contributed by atoms with Crippen molar-refractivity contribution < 1.29 is 26.3 Å². The molecule has 0 heterocycles. The molecule has 0 aromatic heterocycles. The van der Waals surface area contributed by atoms with Gasteiger partial charge in [-0.25, -0.2) is 22.0 Å². The van der Waals surface area contributed by atoms with Crippen LogP contribution in [0.15, 0.2) is 0 Å². The van der Waals surface area contributed by atoms with Gasteiger partial charge in [-0.05, 0) is 12.8 Å². The molecule has 0 aliphatic carbocycles. The number of hydrogen-bond acceptors (Lipinski definition) is 0. The molecule has 0 amide bonds. The van der Waals surface area contributed by atoms with Crippen molar-refractivity contribution in [2.45, 2.75) is 12.8 Å². The number of halogens is 6. The number of benzene rings is 1. The second kappa shape index (κ2) is 4.55. The van der Waals surface area contributed by atoms with E-state index < -0.39 is 47.7 Å². The van der Waals surface area contributed by atoms with Crippen molar-refractivity contribution in [2.24, 2.45) is 0 Å². The highest BCUT2D eigenvalue weighted by Crippen LogP contribution is 2.23. The van der Waals surface area contributed by atoms with E-state index in [1.54, 1.807) is 0 Å². The minimum Gasteiger partial charge on any atom is -0.251 e. The van der Waals surface area contributed by atoms with Crippen molar-refractivity contribution in [3.63, 3.8) is 0 Å². The molecule has 15 heavy (non-hydrogen) atoms. The van der Waals surface area contributed by atoms with Crippen molar-refractivity contribution in [3.05, 3.63) is 34.6 Å². The Morgan fingerprint density at radius 1 is 0.667 bits per heavy atom. The van der Waals surface area contributed by atoms with Crippen LogP contribution in [-0.2, 0) is 6.42 Å². The molecule has 1 rings (SSSR count). The van der Waals surface area contributed by atoms with Gasteiger partial charge in [0.15, 0.2) is 23.3 Å². The molecule has 0 saturated heterocycles. The van der Waals surface area contributed by atoms with E-state index in [1.807, 2.05) is 0 Å². The summed E-state index contributed by atoms with van der Waals surface area (Å²) in [6.45, 7) is -0.889. The molecule has 0 spiro atoms. The van der Waals surface area contributed by atoms with E-state index in [4.69, 9.17) is 0 Å². The lowest BCUT2D eigenvalue weighted by molar-refractivity contribution is 0.366. The van der Waals surface area contributed by atoms with Gasteiger partial charge < -0.3 is 0 Å². The maximum Gasteiger partial charge on any atom is 0.200 e. The average Bonchev–Trinajstić information content (AvgIpc) is 2.24. The van der Waals surface area contributed by atoms with Crippen LogP contribution in [0.25, 0.3) is 0 Å². The van der Waals surface area contributed by atoms with E-state index in [0.717, 1.165) is 0 Å². The Labute approximate surface area is 81.5 Å². The molecule has 0 bridgehead atoms. The van der Waals surface area contributed by atoms with Gasteiger partial charge in [-0.2, -0.15) is 0 Å². The zero-order valence-electron chi connectivity index (χ0n) is 7.39. The standard InChI is InChI=1S/C9H6F6/c10-3-1-2-4-5(11)7(13)9(15)8(14)6(4)12/h1-3H2. The van der Waals surface area contributed by atoms with E-state index in [-0.39, 0.29) is 6.42 Å². The van der Waals surface area contributed by atoms with Crippen molar-refractivity contribution in [2.75, 3.05) is 6.67 Å². The third-order valence-corrected chi connectivity index (χ3v) is 1.86. The van der Waals surface area contributed by atoms with Crippen LogP contribution >= 0.6 is 0 Å². The van der Waals surface area contributed by atoms with Crippen molar-refractivity contribution in [3.8, 4) is 0 Å². The lowest BCUT2D eigenvalue weighted by atomic mass is 10.1. The smallest absolute Gasteiger partial charge is 0.200 e. The van der Waals surface area contributed by atoms with E-state index in [0.29, 0.717) is 0 Å². The Morgan fingerprint density at radius 2 is 1.07 bits per heavy atom. The molecule has 0 unspecified atom stereocenters. The Morgan fingerprint density at radius 3 is 1.47 bits per heavy atom. The van der Waals surface area contributed by atoms with Gasteiger partial charge in [-0.1, -0.05) is 0 Å². The van der Waals surface area contributed by atoms with Gasteiger partial charge in [0, 0.05) is 5.56 Å². The van der Waals surface area contributed by atoms with E-state index in [9.17, 15) is 26.3 Å². The van der Waals surface area contributed by atoms with Gasteiger partial charge in [0.1, 0.15) is 0 Å². The third kappa shape index (κ3) is 2.08. The summed E-state index contributed by atoms with van der Waals surface area (Å²) in [5.74, 6) is -9.97. The molecule has 0 atom stereocenters. The Balaban J connectivity index is 3.26. The fourth-order valence-corrected chi connectivity index (χ4v) is 1.11. The summed E-state index contributed by atoms with van der Waals surface area (Å²) in [5.41, 5.74) is -0.968. The maximum absolute atomic E-state index is 12.9. The Kier molecular flexibility index (Phi) is 3.60. The van der Waals surface area contributed by atoms with Crippen LogP contribution in [-0.4, -0.2) is 6.67 Å². The lowest BCUT2D eigenvalue weighted by Crippen LogP contribution is -2.07. The first-order chi connectivity index (χ1) is 7.00. The van der Waals surface area contributed by atoms with E-state index >= 15 is 0 Å². The predicted octanol–water partition coefficient (Wildman–Crippen LogP) is 3.28. The zero-order chi connectivity index (χ0) is 11.6. The predicted molar refractivity (Wildman–Crippen MR) is 40.5 cm³/mol. The average molecular weight is 228 g/mol. The molecule has 1 aromatic carbocycles. The minimum atomic E-state index is -2.20. The monoisotopic (exact) mass is 228 g/mol. The highest BCUT2D eigenvalue weighted by Gasteiger charge is 2.24. The van der Waals surface area contributed by atoms with Gasteiger partial charge >= 0.3 is 0 Å².